The van der Waals surface area contributed by atoms with Crippen LogP contribution in [0.1, 0.15) is 38.5 Å². The van der Waals surface area contributed by atoms with Crippen LogP contribution < -0.4 is 0 Å². The van der Waals surface area contributed by atoms with E-state index in [1.165, 1.54) is 23.3 Å². The SMILES string of the molecule is CN(C1CCCCCC1)S(=O)(=O)c1cnc(Cl)s1. The smallest absolute Gasteiger partial charge is 0.232 e. The normalized spacial score (nSPS) is 19.1. The lowest BCUT2D eigenvalue weighted by Crippen LogP contribution is -2.36. The Labute approximate surface area is 117 Å². The minimum Gasteiger partial charge on any atom is -0.232 e. The highest BCUT2D eigenvalue weighted by molar-refractivity contribution is 7.91. The molecule has 0 atom stereocenters. The van der Waals surface area contributed by atoms with E-state index in [4.69, 9.17) is 11.6 Å². The Balaban J connectivity index is 2.18. The first-order valence-corrected chi connectivity index (χ1v) is 8.74. The van der Waals surface area contributed by atoms with Crippen LogP contribution in [0.5, 0.6) is 0 Å². The molecule has 1 saturated carbocycles. The van der Waals surface area contributed by atoms with Gasteiger partial charge in [0, 0.05) is 13.1 Å². The summed E-state index contributed by atoms with van der Waals surface area (Å²) in [6, 6.07) is 0.110. The minimum absolute atomic E-state index is 0.110. The Kier molecular flexibility index (Phi) is 4.64. The third-order valence-electron chi connectivity index (χ3n) is 3.43. The topological polar surface area (TPSA) is 50.3 Å². The molecule has 18 heavy (non-hydrogen) atoms. The molecule has 0 spiro atoms. The summed E-state index contributed by atoms with van der Waals surface area (Å²) in [6.45, 7) is 0. The van der Waals surface area contributed by atoms with Gasteiger partial charge in [-0.05, 0) is 12.8 Å². The number of sulfonamides is 1. The van der Waals surface area contributed by atoms with Gasteiger partial charge in [-0.3, -0.25) is 0 Å². The summed E-state index contributed by atoms with van der Waals surface area (Å²) in [6.07, 6.45) is 7.86. The molecule has 4 nitrogen and oxygen atoms in total. The monoisotopic (exact) mass is 308 g/mol. The third-order valence-corrected chi connectivity index (χ3v) is 6.89. The van der Waals surface area contributed by atoms with Gasteiger partial charge in [0.25, 0.3) is 10.0 Å². The zero-order valence-corrected chi connectivity index (χ0v) is 12.7. The lowest BCUT2D eigenvalue weighted by Gasteiger charge is -2.25. The molecular weight excluding hydrogens is 292 g/mol. The van der Waals surface area contributed by atoms with E-state index >= 15 is 0 Å². The van der Waals surface area contributed by atoms with Crippen molar-refractivity contribution in [3.8, 4) is 0 Å². The van der Waals surface area contributed by atoms with Gasteiger partial charge in [0.05, 0.1) is 6.20 Å². The van der Waals surface area contributed by atoms with E-state index in [0.717, 1.165) is 37.0 Å². The van der Waals surface area contributed by atoms with E-state index in [1.54, 1.807) is 7.05 Å². The van der Waals surface area contributed by atoms with E-state index in [1.807, 2.05) is 0 Å². The molecule has 0 bridgehead atoms. The Hall–Kier alpha value is -0.170. The van der Waals surface area contributed by atoms with Crippen molar-refractivity contribution in [3.05, 3.63) is 10.7 Å². The fraction of sp³-hybridized carbons (Fsp3) is 0.727. The standard InChI is InChI=1S/C11H17ClN2O2S2/c1-14(9-6-4-2-3-5-7-9)18(15,16)10-8-13-11(12)17-10/h8-9H,2-7H2,1H3. The Morgan fingerprint density at radius 3 is 2.44 bits per heavy atom. The summed E-state index contributed by atoms with van der Waals surface area (Å²) in [5.41, 5.74) is 0. The number of hydrogen-bond donors (Lipinski definition) is 0. The number of hydrogen-bond acceptors (Lipinski definition) is 4. The van der Waals surface area contributed by atoms with Gasteiger partial charge < -0.3 is 0 Å². The molecule has 7 heteroatoms. The van der Waals surface area contributed by atoms with Crippen molar-refractivity contribution < 1.29 is 8.42 Å². The van der Waals surface area contributed by atoms with Crippen molar-refractivity contribution in [1.29, 1.82) is 0 Å². The largest absolute Gasteiger partial charge is 0.254 e. The minimum atomic E-state index is -3.43. The van der Waals surface area contributed by atoms with Crippen LogP contribution in [0.25, 0.3) is 0 Å². The molecule has 1 aromatic heterocycles. The summed E-state index contributed by atoms with van der Waals surface area (Å²) in [4.78, 5) is 3.81. The molecule has 0 aromatic carbocycles. The average Bonchev–Trinajstić information content (AvgIpc) is 2.63. The highest BCUT2D eigenvalue weighted by atomic mass is 35.5. The van der Waals surface area contributed by atoms with Crippen LogP contribution in [-0.4, -0.2) is 30.8 Å². The van der Waals surface area contributed by atoms with Gasteiger partial charge in [0.15, 0.2) is 8.68 Å². The summed E-state index contributed by atoms with van der Waals surface area (Å²) >= 11 is 6.72. The zero-order valence-electron chi connectivity index (χ0n) is 10.3. The molecule has 0 unspecified atom stereocenters. The Morgan fingerprint density at radius 1 is 1.33 bits per heavy atom. The fourth-order valence-corrected chi connectivity index (χ4v) is 5.21. The number of nitrogens with zero attached hydrogens (tertiary/aromatic N) is 2. The molecule has 1 heterocycles. The van der Waals surface area contributed by atoms with Gasteiger partial charge in [0.1, 0.15) is 0 Å². The summed E-state index contributed by atoms with van der Waals surface area (Å²) in [7, 11) is -1.76. The first-order chi connectivity index (χ1) is 8.51. The van der Waals surface area contributed by atoms with E-state index in [9.17, 15) is 8.42 Å². The maximum absolute atomic E-state index is 12.4. The van der Waals surface area contributed by atoms with Crippen molar-refractivity contribution in [2.75, 3.05) is 7.05 Å². The van der Waals surface area contributed by atoms with E-state index in [0.29, 0.717) is 0 Å². The van der Waals surface area contributed by atoms with Crippen LogP contribution in [0.15, 0.2) is 10.4 Å². The lowest BCUT2D eigenvalue weighted by molar-refractivity contribution is 0.336. The first kappa shape index (κ1) is 14.2. The van der Waals surface area contributed by atoms with E-state index in [2.05, 4.69) is 4.98 Å². The van der Waals surface area contributed by atoms with Crippen LogP contribution in [0, 0.1) is 0 Å². The summed E-state index contributed by atoms with van der Waals surface area (Å²) < 4.78 is 26.8. The summed E-state index contributed by atoms with van der Waals surface area (Å²) in [5.74, 6) is 0. The van der Waals surface area contributed by atoms with E-state index in [-0.39, 0.29) is 14.7 Å². The molecule has 1 aromatic rings. The van der Waals surface area contributed by atoms with Gasteiger partial charge in [-0.15, -0.1) is 0 Å². The quantitative estimate of drug-likeness (QED) is 0.806. The van der Waals surface area contributed by atoms with E-state index < -0.39 is 10.0 Å². The second kappa shape index (κ2) is 5.86. The lowest BCUT2D eigenvalue weighted by atomic mass is 10.1. The van der Waals surface area contributed by atoms with Gasteiger partial charge in [-0.2, -0.15) is 4.31 Å². The predicted molar refractivity (Wildman–Crippen MR) is 73.6 cm³/mol. The highest BCUT2D eigenvalue weighted by Gasteiger charge is 2.29. The average molecular weight is 309 g/mol. The fourth-order valence-electron chi connectivity index (χ4n) is 2.32. The van der Waals surface area contributed by atoms with Gasteiger partial charge in [-0.1, -0.05) is 48.6 Å². The number of rotatable bonds is 3. The molecule has 1 fully saturated rings. The van der Waals surface area contributed by atoms with Crippen LogP contribution in [0.2, 0.25) is 4.47 Å². The molecule has 0 aliphatic heterocycles. The van der Waals surface area contributed by atoms with Crippen molar-refractivity contribution in [3.63, 3.8) is 0 Å². The molecule has 0 radical (unpaired) electrons. The van der Waals surface area contributed by atoms with Crippen LogP contribution in [0.4, 0.5) is 0 Å². The van der Waals surface area contributed by atoms with Gasteiger partial charge >= 0.3 is 0 Å². The Morgan fingerprint density at radius 2 is 1.94 bits per heavy atom. The number of thiazole rings is 1. The van der Waals surface area contributed by atoms with Crippen LogP contribution in [0.3, 0.4) is 0 Å². The first-order valence-electron chi connectivity index (χ1n) is 6.11. The van der Waals surface area contributed by atoms with Crippen molar-refractivity contribution in [2.45, 2.75) is 48.8 Å². The molecule has 0 saturated heterocycles. The molecule has 2 rings (SSSR count). The number of aromatic nitrogens is 1. The second-order valence-electron chi connectivity index (χ2n) is 4.60. The molecule has 0 N–H and O–H groups in total. The van der Waals surface area contributed by atoms with Crippen molar-refractivity contribution >= 4 is 33.0 Å². The van der Waals surface area contributed by atoms with Crippen LogP contribution >= 0.6 is 22.9 Å². The maximum atomic E-state index is 12.4. The zero-order chi connectivity index (χ0) is 13.2. The Bertz CT molecular complexity index is 493. The van der Waals surface area contributed by atoms with Gasteiger partial charge in [0.2, 0.25) is 0 Å². The molecule has 0 amide bonds. The molecular formula is C11H17ClN2O2S2. The number of halogens is 1. The molecule has 1 aliphatic carbocycles. The van der Waals surface area contributed by atoms with Crippen molar-refractivity contribution in [2.24, 2.45) is 0 Å². The molecule has 1 aliphatic rings. The predicted octanol–water partition coefficient (Wildman–Crippen LogP) is 3.14. The maximum Gasteiger partial charge on any atom is 0.254 e. The van der Waals surface area contributed by atoms with Crippen molar-refractivity contribution in [1.82, 2.24) is 9.29 Å². The van der Waals surface area contributed by atoms with Crippen LogP contribution in [-0.2, 0) is 10.0 Å². The third kappa shape index (κ3) is 3.04. The highest BCUT2D eigenvalue weighted by Crippen LogP contribution is 2.29. The van der Waals surface area contributed by atoms with Gasteiger partial charge in [-0.25, -0.2) is 13.4 Å². The molecule has 102 valence electrons. The summed E-state index contributed by atoms with van der Waals surface area (Å²) in [5, 5.41) is 0. The second-order valence-corrected chi connectivity index (χ2v) is 8.44.